The van der Waals surface area contributed by atoms with E-state index in [2.05, 4.69) is 47.3 Å². The number of rotatable bonds is 20. The van der Waals surface area contributed by atoms with E-state index in [4.69, 9.17) is 4.74 Å². The summed E-state index contributed by atoms with van der Waals surface area (Å²) in [4.78, 5) is 12.7. The van der Waals surface area contributed by atoms with Crippen molar-refractivity contribution in [3.05, 3.63) is 23.8 Å². The number of ether oxygens (including phenoxy) is 1. The normalized spacial score (nSPS) is 31.6. The van der Waals surface area contributed by atoms with E-state index in [-0.39, 0.29) is 12.1 Å². The van der Waals surface area contributed by atoms with Crippen molar-refractivity contribution in [3.63, 3.8) is 0 Å². The highest BCUT2D eigenvalue weighted by Gasteiger charge is 2.56. The Balaban J connectivity index is 1.12. The zero-order chi connectivity index (χ0) is 32.2. The van der Waals surface area contributed by atoms with Crippen LogP contribution in [0.2, 0.25) is 0 Å². The molecule has 4 rings (SSSR count). The molecule has 0 saturated heterocycles. The SMILES string of the molecule is C=C(CC[C@@H](C)[C@H]1CC[C@H]2[C@@H]3CC=C4C[C@@H](OC(=O)CCCCCCCCCCCCCCC)CC[C@@H]4[C@H]3CC[C@]12C)C(C)C. The number of esters is 1. The first-order chi connectivity index (χ1) is 21.7. The minimum Gasteiger partial charge on any atom is -0.462 e. The third-order valence-electron chi connectivity index (χ3n) is 13.7. The predicted octanol–water partition coefficient (Wildman–Crippen LogP) is 13.2. The lowest BCUT2D eigenvalue weighted by atomic mass is 9.51. The van der Waals surface area contributed by atoms with Crippen LogP contribution in [0.5, 0.6) is 0 Å². The summed E-state index contributed by atoms with van der Waals surface area (Å²) >= 11 is 0. The Bertz CT molecular complexity index is 930. The Morgan fingerprint density at radius 3 is 2.13 bits per heavy atom. The van der Waals surface area contributed by atoms with E-state index in [0.29, 0.717) is 17.8 Å². The van der Waals surface area contributed by atoms with Crippen molar-refractivity contribution in [2.24, 2.45) is 46.8 Å². The van der Waals surface area contributed by atoms with Gasteiger partial charge in [0, 0.05) is 12.8 Å². The largest absolute Gasteiger partial charge is 0.462 e. The highest BCUT2D eigenvalue weighted by Crippen LogP contribution is 2.64. The van der Waals surface area contributed by atoms with Gasteiger partial charge >= 0.3 is 5.97 Å². The molecule has 0 aromatic carbocycles. The summed E-state index contributed by atoms with van der Waals surface area (Å²) in [5.74, 6) is 5.80. The Kier molecular flexibility index (Phi) is 15.1. The second-order valence-electron chi connectivity index (χ2n) is 17.0. The number of allylic oxidation sites excluding steroid dienone is 2. The summed E-state index contributed by atoms with van der Waals surface area (Å²) in [6, 6.07) is 0. The first-order valence-electron chi connectivity index (χ1n) is 20.3. The summed E-state index contributed by atoms with van der Waals surface area (Å²) in [5, 5.41) is 0. The molecular formula is C43H74O2. The second kappa shape index (κ2) is 18.5. The fourth-order valence-electron chi connectivity index (χ4n) is 10.7. The zero-order valence-corrected chi connectivity index (χ0v) is 30.7. The van der Waals surface area contributed by atoms with Gasteiger partial charge in [0.25, 0.3) is 0 Å². The van der Waals surface area contributed by atoms with Crippen LogP contribution in [-0.2, 0) is 9.53 Å². The topological polar surface area (TPSA) is 26.3 Å². The van der Waals surface area contributed by atoms with Crippen molar-refractivity contribution in [2.45, 2.75) is 195 Å². The van der Waals surface area contributed by atoms with Crippen LogP contribution in [0.15, 0.2) is 23.8 Å². The van der Waals surface area contributed by atoms with Crippen LogP contribution >= 0.6 is 0 Å². The first kappa shape index (κ1) is 36.8. The van der Waals surface area contributed by atoms with Crippen LogP contribution in [0.4, 0.5) is 0 Å². The van der Waals surface area contributed by atoms with E-state index in [1.807, 2.05) is 0 Å². The van der Waals surface area contributed by atoms with Crippen molar-refractivity contribution in [2.75, 3.05) is 0 Å². The van der Waals surface area contributed by atoms with Crippen molar-refractivity contribution in [1.29, 1.82) is 0 Å². The van der Waals surface area contributed by atoms with Gasteiger partial charge in [0.1, 0.15) is 6.10 Å². The van der Waals surface area contributed by atoms with Gasteiger partial charge in [-0.2, -0.15) is 0 Å². The molecule has 258 valence electrons. The average Bonchev–Trinajstić information content (AvgIpc) is 3.39. The van der Waals surface area contributed by atoms with Crippen molar-refractivity contribution >= 4 is 5.97 Å². The fraction of sp³-hybridized carbons (Fsp3) is 0.884. The standard InChI is InChI=1S/C43H74O2/c1-7-8-9-10-11-12-13-14-15-16-17-18-19-20-42(44)45-36-24-26-37-35(31-36)23-25-39-38(37)29-30-43(6)40(27-28-41(39)43)34(5)22-21-33(4)32(2)3/h23,32,34,36-41H,4,7-22,24-31H2,1-3,5-6H3/t34-,36+,37+,38-,39-,40-,41+,43-/m1/s1. The molecule has 0 spiro atoms. The van der Waals surface area contributed by atoms with Gasteiger partial charge in [-0.05, 0) is 111 Å². The van der Waals surface area contributed by atoms with Gasteiger partial charge in [-0.1, -0.05) is 135 Å². The molecule has 0 unspecified atom stereocenters. The summed E-state index contributed by atoms with van der Waals surface area (Å²) in [6.45, 7) is 16.5. The molecule has 0 amide bonds. The quantitative estimate of drug-likeness (QED) is 0.0767. The second-order valence-corrected chi connectivity index (χ2v) is 17.0. The fourth-order valence-corrected chi connectivity index (χ4v) is 10.7. The van der Waals surface area contributed by atoms with Crippen molar-refractivity contribution in [3.8, 4) is 0 Å². The number of fused-ring (bicyclic) bond motifs is 5. The smallest absolute Gasteiger partial charge is 0.306 e. The molecule has 0 aliphatic heterocycles. The summed E-state index contributed by atoms with van der Waals surface area (Å²) in [5.41, 5.74) is 3.63. The average molecular weight is 623 g/mol. The Hall–Kier alpha value is -1.05. The maximum atomic E-state index is 12.7. The Morgan fingerprint density at radius 2 is 1.49 bits per heavy atom. The molecule has 0 heterocycles. The number of unbranched alkanes of at least 4 members (excludes halogenated alkanes) is 12. The number of hydrogen-bond donors (Lipinski definition) is 0. The van der Waals surface area contributed by atoms with Crippen LogP contribution in [0.3, 0.4) is 0 Å². The molecular weight excluding hydrogens is 548 g/mol. The molecule has 45 heavy (non-hydrogen) atoms. The molecule has 2 nitrogen and oxygen atoms in total. The zero-order valence-electron chi connectivity index (χ0n) is 30.7. The molecule has 8 atom stereocenters. The van der Waals surface area contributed by atoms with E-state index >= 15 is 0 Å². The maximum absolute atomic E-state index is 12.7. The summed E-state index contributed by atoms with van der Waals surface area (Å²) in [6.07, 6.45) is 33.7. The highest BCUT2D eigenvalue weighted by molar-refractivity contribution is 5.69. The van der Waals surface area contributed by atoms with Gasteiger partial charge in [0.05, 0.1) is 0 Å². The third-order valence-corrected chi connectivity index (χ3v) is 13.7. The van der Waals surface area contributed by atoms with Crippen LogP contribution < -0.4 is 0 Å². The molecule has 0 bridgehead atoms. The van der Waals surface area contributed by atoms with Gasteiger partial charge in [0.2, 0.25) is 0 Å². The molecule has 4 aliphatic carbocycles. The molecule has 4 aliphatic rings. The number of carbonyl (C=O) groups excluding carboxylic acids is 1. The van der Waals surface area contributed by atoms with Gasteiger partial charge in [-0.3, -0.25) is 4.79 Å². The molecule has 0 radical (unpaired) electrons. The lowest BCUT2D eigenvalue weighted by molar-refractivity contribution is -0.150. The number of carbonyl (C=O) groups is 1. The van der Waals surface area contributed by atoms with E-state index in [1.165, 1.54) is 134 Å². The van der Waals surface area contributed by atoms with Crippen molar-refractivity contribution < 1.29 is 9.53 Å². The third kappa shape index (κ3) is 10.2. The first-order valence-corrected chi connectivity index (χ1v) is 20.3. The van der Waals surface area contributed by atoms with Gasteiger partial charge in [0.15, 0.2) is 0 Å². The van der Waals surface area contributed by atoms with E-state index in [9.17, 15) is 4.79 Å². The predicted molar refractivity (Wildman–Crippen MR) is 193 cm³/mol. The lowest BCUT2D eigenvalue weighted by Crippen LogP contribution is -2.47. The van der Waals surface area contributed by atoms with Crippen molar-refractivity contribution in [1.82, 2.24) is 0 Å². The monoisotopic (exact) mass is 623 g/mol. The van der Waals surface area contributed by atoms with E-state index in [0.717, 1.165) is 54.8 Å². The molecule has 0 aromatic rings. The molecule has 3 fully saturated rings. The highest BCUT2D eigenvalue weighted by atomic mass is 16.5. The minimum absolute atomic E-state index is 0.0623. The summed E-state index contributed by atoms with van der Waals surface area (Å²) < 4.78 is 6.08. The van der Waals surface area contributed by atoms with Gasteiger partial charge in [-0.25, -0.2) is 0 Å². The van der Waals surface area contributed by atoms with Gasteiger partial charge in [-0.15, -0.1) is 0 Å². The lowest BCUT2D eigenvalue weighted by Gasteiger charge is -2.54. The summed E-state index contributed by atoms with van der Waals surface area (Å²) in [7, 11) is 0. The Morgan fingerprint density at radius 1 is 0.844 bits per heavy atom. The molecule has 2 heteroatoms. The minimum atomic E-state index is 0.0623. The molecule has 0 aromatic heterocycles. The molecule has 3 saturated carbocycles. The van der Waals surface area contributed by atoms with Crippen LogP contribution in [0.1, 0.15) is 189 Å². The van der Waals surface area contributed by atoms with Crippen LogP contribution in [0, 0.1) is 46.8 Å². The van der Waals surface area contributed by atoms with Gasteiger partial charge < -0.3 is 4.74 Å². The number of hydrogen-bond acceptors (Lipinski definition) is 2. The van der Waals surface area contributed by atoms with Crippen LogP contribution in [0.25, 0.3) is 0 Å². The molecule has 0 N–H and O–H groups in total. The maximum Gasteiger partial charge on any atom is 0.306 e. The Labute approximate surface area is 280 Å². The van der Waals surface area contributed by atoms with Crippen LogP contribution in [-0.4, -0.2) is 12.1 Å². The van der Waals surface area contributed by atoms with E-state index in [1.54, 1.807) is 5.57 Å². The van der Waals surface area contributed by atoms with E-state index < -0.39 is 0 Å².